The predicted molar refractivity (Wildman–Crippen MR) is 65.8 cm³/mol. The summed E-state index contributed by atoms with van der Waals surface area (Å²) in [4.78, 5) is 4.39. The van der Waals surface area contributed by atoms with Crippen LogP contribution < -0.4 is 0 Å². The van der Waals surface area contributed by atoms with Gasteiger partial charge in [-0.1, -0.05) is 30.3 Å². The molecule has 3 rings (SSSR count). The number of imidazole rings is 1. The molecule has 3 aromatic rings. The fraction of sp³-hybridized carbons (Fsp3) is 0.0769. The van der Waals surface area contributed by atoms with E-state index < -0.39 is 0 Å². The molecule has 4 heteroatoms. The largest absolute Gasteiger partial charge is 0.282 e. The monoisotopic (exact) mass is 224 g/mol. The van der Waals surface area contributed by atoms with Crippen molar-refractivity contribution >= 4 is 0 Å². The Labute approximate surface area is 99.2 Å². The molecule has 84 valence electrons. The third-order valence-electron chi connectivity index (χ3n) is 2.62. The van der Waals surface area contributed by atoms with Gasteiger partial charge in [-0.05, 0) is 0 Å². The summed E-state index contributed by atoms with van der Waals surface area (Å²) in [6.45, 7) is 0. The molecule has 17 heavy (non-hydrogen) atoms. The molecule has 0 unspecified atom stereocenters. The number of aromatic nitrogens is 4. The maximum atomic E-state index is 4.39. The first kappa shape index (κ1) is 9.84. The standard InChI is InChI=1S/C13H12N4/c1-16-9-7-12(15-16)17-10-8-14-13(17)11-5-3-2-4-6-11/h2-10H,1H3. The summed E-state index contributed by atoms with van der Waals surface area (Å²) in [6, 6.07) is 12.1. The molecule has 0 N–H and O–H groups in total. The van der Waals surface area contributed by atoms with Crippen molar-refractivity contribution in [3.63, 3.8) is 0 Å². The zero-order valence-electron chi connectivity index (χ0n) is 9.49. The van der Waals surface area contributed by atoms with E-state index >= 15 is 0 Å². The minimum absolute atomic E-state index is 0.879. The molecule has 0 aliphatic carbocycles. The van der Waals surface area contributed by atoms with Crippen molar-refractivity contribution in [1.82, 2.24) is 19.3 Å². The minimum Gasteiger partial charge on any atom is -0.282 e. The molecular formula is C13H12N4. The summed E-state index contributed by atoms with van der Waals surface area (Å²) in [5, 5.41) is 4.38. The summed E-state index contributed by atoms with van der Waals surface area (Å²) in [6.07, 6.45) is 5.63. The Morgan fingerprint density at radius 2 is 1.82 bits per heavy atom. The van der Waals surface area contributed by atoms with E-state index in [1.54, 1.807) is 10.9 Å². The molecular weight excluding hydrogens is 212 g/mol. The third-order valence-corrected chi connectivity index (χ3v) is 2.62. The smallest absolute Gasteiger partial charge is 0.160 e. The Balaban J connectivity index is 2.12. The SMILES string of the molecule is Cn1ccc(-n2ccnc2-c2ccccc2)n1. The zero-order chi connectivity index (χ0) is 11.7. The first-order valence-electron chi connectivity index (χ1n) is 5.43. The maximum absolute atomic E-state index is 4.39. The quantitative estimate of drug-likeness (QED) is 0.669. The van der Waals surface area contributed by atoms with Gasteiger partial charge in [0.25, 0.3) is 0 Å². The van der Waals surface area contributed by atoms with Gasteiger partial charge in [0.2, 0.25) is 0 Å². The Bertz CT molecular complexity index is 622. The number of rotatable bonds is 2. The number of benzene rings is 1. The van der Waals surface area contributed by atoms with Crippen LogP contribution in [0.5, 0.6) is 0 Å². The zero-order valence-corrected chi connectivity index (χ0v) is 9.49. The molecule has 0 fully saturated rings. The molecule has 2 heterocycles. The second-order valence-electron chi connectivity index (χ2n) is 3.83. The Morgan fingerprint density at radius 3 is 2.53 bits per heavy atom. The van der Waals surface area contributed by atoms with E-state index in [0.717, 1.165) is 17.2 Å². The number of aryl methyl sites for hydroxylation is 1. The lowest BCUT2D eigenvalue weighted by atomic mass is 10.2. The lowest BCUT2D eigenvalue weighted by molar-refractivity contribution is 0.752. The minimum atomic E-state index is 0.879. The second kappa shape index (κ2) is 3.90. The molecule has 0 saturated carbocycles. The van der Waals surface area contributed by atoms with Crippen LogP contribution in [0.15, 0.2) is 55.0 Å². The van der Waals surface area contributed by atoms with Gasteiger partial charge in [-0.15, -0.1) is 0 Å². The van der Waals surface area contributed by atoms with E-state index in [1.165, 1.54) is 0 Å². The summed E-state index contributed by atoms with van der Waals surface area (Å²) in [5.74, 6) is 1.79. The van der Waals surface area contributed by atoms with Crippen LogP contribution in [0.3, 0.4) is 0 Å². The van der Waals surface area contributed by atoms with Crippen LogP contribution in [0.25, 0.3) is 17.2 Å². The van der Waals surface area contributed by atoms with E-state index in [4.69, 9.17) is 0 Å². The van der Waals surface area contributed by atoms with Crippen molar-refractivity contribution in [3.8, 4) is 17.2 Å². The van der Waals surface area contributed by atoms with Gasteiger partial charge in [-0.2, -0.15) is 5.10 Å². The van der Waals surface area contributed by atoms with Crippen LogP contribution in [-0.4, -0.2) is 19.3 Å². The van der Waals surface area contributed by atoms with Gasteiger partial charge in [0.15, 0.2) is 5.82 Å². The highest BCUT2D eigenvalue weighted by Gasteiger charge is 2.08. The van der Waals surface area contributed by atoms with Gasteiger partial charge < -0.3 is 0 Å². The highest BCUT2D eigenvalue weighted by molar-refractivity contribution is 5.57. The fourth-order valence-electron chi connectivity index (χ4n) is 1.82. The Morgan fingerprint density at radius 1 is 1.00 bits per heavy atom. The van der Waals surface area contributed by atoms with Crippen molar-refractivity contribution in [2.45, 2.75) is 0 Å². The van der Waals surface area contributed by atoms with Gasteiger partial charge >= 0.3 is 0 Å². The van der Waals surface area contributed by atoms with Crippen molar-refractivity contribution in [1.29, 1.82) is 0 Å². The normalized spacial score (nSPS) is 10.6. The summed E-state index contributed by atoms with van der Waals surface area (Å²) in [5.41, 5.74) is 1.09. The van der Waals surface area contributed by atoms with Crippen molar-refractivity contribution in [2.24, 2.45) is 7.05 Å². The first-order valence-corrected chi connectivity index (χ1v) is 5.43. The van der Waals surface area contributed by atoms with E-state index in [0.29, 0.717) is 0 Å². The lowest BCUT2D eigenvalue weighted by Gasteiger charge is -2.04. The highest BCUT2D eigenvalue weighted by Crippen LogP contribution is 2.19. The molecule has 0 amide bonds. The van der Waals surface area contributed by atoms with Crippen molar-refractivity contribution < 1.29 is 0 Å². The van der Waals surface area contributed by atoms with Crippen LogP contribution in [0.2, 0.25) is 0 Å². The van der Waals surface area contributed by atoms with Gasteiger partial charge in [0.05, 0.1) is 0 Å². The molecule has 0 aliphatic heterocycles. The molecule has 0 radical (unpaired) electrons. The maximum Gasteiger partial charge on any atom is 0.160 e. The summed E-state index contributed by atoms with van der Waals surface area (Å²) >= 11 is 0. The average Bonchev–Trinajstić information content (AvgIpc) is 2.98. The van der Waals surface area contributed by atoms with Gasteiger partial charge in [-0.3, -0.25) is 9.25 Å². The van der Waals surface area contributed by atoms with Crippen LogP contribution >= 0.6 is 0 Å². The predicted octanol–water partition coefficient (Wildman–Crippen LogP) is 2.27. The number of hydrogen-bond acceptors (Lipinski definition) is 2. The average molecular weight is 224 g/mol. The second-order valence-corrected chi connectivity index (χ2v) is 3.83. The molecule has 0 spiro atoms. The molecule has 0 saturated heterocycles. The van der Waals surface area contributed by atoms with Crippen molar-refractivity contribution in [2.75, 3.05) is 0 Å². The van der Waals surface area contributed by atoms with E-state index in [1.807, 2.05) is 60.4 Å². The molecule has 0 bridgehead atoms. The van der Waals surface area contributed by atoms with E-state index in [-0.39, 0.29) is 0 Å². The van der Waals surface area contributed by atoms with E-state index in [9.17, 15) is 0 Å². The summed E-state index contributed by atoms with van der Waals surface area (Å²) in [7, 11) is 1.91. The number of hydrogen-bond donors (Lipinski definition) is 0. The van der Waals surface area contributed by atoms with Gasteiger partial charge in [0, 0.05) is 37.3 Å². The van der Waals surface area contributed by atoms with E-state index in [2.05, 4.69) is 10.1 Å². The van der Waals surface area contributed by atoms with Crippen LogP contribution in [-0.2, 0) is 7.05 Å². The molecule has 0 atom stereocenters. The van der Waals surface area contributed by atoms with Gasteiger partial charge in [-0.25, -0.2) is 4.98 Å². The highest BCUT2D eigenvalue weighted by atomic mass is 15.3. The Kier molecular flexibility index (Phi) is 2.26. The van der Waals surface area contributed by atoms with Crippen LogP contribution in [0.1, 0.15) is 0 Å². The van der Waals surface area contributed by atoms with Crippen LogP contribution in [0, 0.1) is 0 Å². The topological polar surface area (TPSA) is 35.6 Å². The molecule has 1 aromatic carbocycles. The lowest BCUT2D eigenvalue weighted by Crippen LogP contribution is -1.98. The molecule has 4 nitrogen and oxygen atoms in total. The fourth-order valence-corrected chi connectivity index (χ4v) is 1.82. The van der Waals surface area contributed by atoms with Crippen LogP contribution in [0.4, 0.5) is 0 Å². The van der Waals surface area contributed by atoms with Gasteiger partial charge in [0.1, 0.15) is 5.82 Å². The molecule has 2 aromatic heterocycles. The number of nitrogens with zero attached hydrogens (tertiary/aromatic N) is 4. The third kappa shape index (κ3) is 1.73. The molecule has 0 aliphatic rings. The van der Waals surface area contributed by atoms with Crippen molar-refractivity contribution in [3.05, 3.63) is 55.0 Å². The first-order chi connectivity index (χ1) is 8.34. The summed E-state index contributed by atoms with van der Waals surface area (Å²) < 4.78 is 3.76. The Hall–Kier alpha value is -2.36.